The first-order valence-corrected chi connectivity index (χ1v) is 22.1. The Hall–Kier alpha value is -1.44. The number of hydrogen-bond acceptors (Lipinski definition) is 2. The average molecular weight is 665 g/mol. The fourth-order valence-electron chi connectivity index (χ4n) is 7.75. The Bertz CT molecular complexity index is 804. The Morgan fingerprint density at radius 2 is 0.625 bits per heavy atom. The van der Waals surface area contributed by atoms with E-state index in [1.54, 1.807) is 0 Å². The molecule has 2 rings (SSSR count). The molecular formula is C46H84N2. The lowest BCUT2D eigenvalue weighted by Crippen LogP contribution is -2.41. The molecule has 1 aliphatic rings. The molecule has 0 N–H and O–H groups in total. The highest BCUT2D eigenvalue weighted by Gasteiger charge is 2.25. The summed E-state index contributed by atoms with van der Waals surface area (Å²) in [6.45, 7) is 7.04. The third kappa shape index (κ3) is 23.8. The van der Waals surface area contributed by atoms with Gasteiger partial charge < -0.3 is 9.80 Å². The smallest absolute Gasteiger partial charge is 0.105 e. The molecule has 1 aliphatic heterocycles. The van der Waals surface area contributed by atoms with Gasteiger partial charge in [0.25, 0.3) is 0 Å². The number of nitrogens with zero attached hydrogens (tertiary/aromatic N) is 2. The maximum Gasteiger partial charge on any atom is 0.105 e. The Kier molecular flexibility index (Phi) is 29.1. The Morgan fingerprint density at radius 3 is 0.917 bits per heavy atom. The van der Waals surface area contributed by atoms with Gasteiger partial charge in [0.15, 0.2) is 0 Å². The molecule has 1 unspecified atom stereocenters. The second-order valence-corrected chi connectivity index (χ2v) is 15.6. The van der Waals surface area contributed by atoms with Crippen LogP contribution in [0.2, 0.25) is 0 Å². The highest BCUT2D eigenvalue weighted by Crippen LogP contribution is 2.23. The molecule has 0 saturated heterocycles. The van der Waals surface area contributed by atoms with E-state index in [1.165, 1.54) is 224 Å². The van der Waals surface area contributed by atoms with Crippen molar-refractivity contribution in [1.29, 1.82) is 0 Å². The predicted molar refractivity (Wildman–Crippen MR) is 216 cm³/mol. The van der Waals surface area contributed by atoms with Gasteiger partial charge in [0, 0.05) is 31.9 Å². The zero-order valence-corrected chi connectivity index (χ0v) is 32.8. The molecule has 0 saturated carbocycles. The minimum Gasteiger partial charge on any atom is -0.356 e. The maximum atomic E-state index is 2.66. The molecule has 0 amide bonds. The molecule has 1 heterocycles. The molecule has 0 bridgehead atoms. The first-order valence-electron chi connectivity index (χ1n) is 22.1. The van der Waals surface area contributed by atoms with Crippen LogP contribution in [0.3, 0.4) is 0 Å². The number of benzene rings is 1. The molecule has 1 atom stereocenters. The molecule has 1 aromatic rings. The van der Waals surface area contributed by atoms with Crippen molar-refractivity contribution in [3.63, 3.8) is 0 Å². The SMILES string of the molecule is CCCCCCCCCCCCCCCCCCCN1C=CN(CCCCCCCCCCCCCCCCC)C1Cc1ccccc1. The van der Waals surface area contributed by atoms with Crippen molar-refractivity contribution in [3.05, 3.63) is 48.3 Å². The van der Waals surface area contributed by atoms with E-state index >= 15 is 0 Å². The monoisotopic (exact) mass is 665 g/mol. The van der Waals surface area contributed by atoms with Crippen LogP contribution in [0, 0.1) is 0 Å². The van der Waals surface area contributed by atoms with E-state index in [4.69, 9.17) is 0 Å². The largest absolute Gasteiger partial charge is 0.356 e. The maximum absolute atomic E-state index is 2.66. The molecule has 1 aromatic carbocycles. The van der Waals surface area contributed by atoms with Crippen LogP contribution >= 0.6 is 0 Å². The number of unbranched alkanes of at least 4 members (excludes halogenated alkanes) is 30. The van der Waals surface area contributed by atoms with E-state index < -0.39 is 0 Å². The van der Waals surface area contributed by atoms with Crippen LogP contribution in [0.5, 0.6) is 0 Å². The van der Waals surface area contributed by atoms with Gasteiger partial charge in [-0.2, -0.15) is 0 Å². The third-order valence-corrected chi connectivity index (χ3v) is 11.0. The van der Waals surface area contributed by atoms with Gasteiger partial charge in [-0.25, -0.2) is 0 Å². The molecule has 2 heteroatoms. The second kappa shape index (κ2) is 32.7. The van der Waals surface area contributed by atoms with Crippen molar-refractivity contribution < 1.29 is 0 Å². The van der Waals surface area contributed by atoms with E-state index in [1.807, 2.05) is 0 Å². The van der Waals surface area contributed by atoms with Crippen LogP contribution in [0.15, 0.2) is 42.7 Å². The van der Waals surface area contributed by atoms with Crippen LogP contribution in [0.25, 0.3) is 0 Å². The van der Waals surface area contributed by atoms with Crippen LogP contribution in [0.4, 0.5) is 0 Å². The standard InChI is InChI=1S/C46H84N2/c1-3-5-7-9-11-13-15-17-19-20-22-24-26-28-30-32-37-41-48-43-42-47(46(48)44-45-38-34-33-35-39-45)40-36-31-29-27-25-23-21-18-16-14-12-10-8-6-4-2/h33-35,38-39,42-43,46H,3-32,36-37,40-41,44H2,1-2H3. The van der Waals surface area contributed by atoms with E-state index in [0.717, 1.165) is 6.42 Å². The van der Waals surface area contributed by atoms with Crippen molar-refractivity contribution in [1.82, 2.24) is 9.80 Å². The molecule has 0 aromatic heterocycles. The minimum absolute atomic E-state index is 0.500. The summed E-state index contributed by atoms with van der Waals surface area (Å²) < 4.78 is 0. The highest BCUT2D eigenvalue weighted by molar-refractivity contribution is 5.17. The predicted octanol–water partition coefficient (Wildman–Crippen LogP) is 15.2. The first-order chi connectivity index (χ1) is 23.8. The van der Waals surface area contributed by atoms with Crippen LogP contribution in [-0.2, 0) is 6.42 Å². The van der Waals surface area contributed by atoms with Gasteiger partial charge in [-0.05, 0) is 18.4 Å². The van der Waals surface area contributed by atoms with Crippen molar-refractivity contribution in [2.45, 2.75) is 232 Å². The van der Waals surface area contributed by atoms with Crippen molar-refractivity contribution in [2.24, 2.45) is 0 Å². The zero-order chi connectivity index (χ0) is 34.0. The van der Waals surface area contributed by atoms with Gasteiger partial charge in [-0.15, -0.1) is 0 Å². The summed E-state index contributed by atoms with van der Waals surface area (Å²) in [4.78, 5) is 5.31. The van der Waals surface area contributed by atoms with Crippen molar-refractivity contribution >= 4 is 0 Å². The molecule has 0 aliphatic carbocycles. The molecule has 0 fully saturated rings. The summed E-state index contributed by atoms with van der Waals surface area (Å²) in [5.74, 6) is 0. The average Bonchev–Trinajstić information content (AvgIpc) is 3.48. The molecule has 278 valence electrons. The molecular weight excluding hydrogens is 581 g/mol. The van der Waals surface area contributed by atoms with Crippen molar-refractivity contribution in [3.8, 4) is 0 Å². The summed E-state index contributed by atoms with van der Waals surface area (Å²) in [6, 6.07) is 11.2. The Balaban J connectivity index is 1.47. The third-order valence-electron chi connectivity index (χ3n) is 11.0. The van der Waals surface area contributed by atoms with E-state index in [9.17, 15) is 0 Å². The summed E-state index contributed by atoms with van der Waals surface area (Å²) in [5, 5.41) is 0. The van der Waals surface area contributed by atoms with E-state index in [0.29, 0.717) is 6.17 Å². The summed E-state index contributed by atoms with van der Waals surface area (Å²) in [7, 11) is 0. The van der Waals surface area contributed by atoms with Gasteiger partial charge in [0.2, 0.25) is 0 Å². The number of rotatable bonds is 36. The first kappa shape index (κ1) is 42.7. The van der Waals surface area contributed by atoms with E-state index in [-0.39, 0.29) is 0 Å². The van der Waals surface area contributed by atoms with Gasteiger partial charge in [-0.1, -0.05) is 237 Å². The second-order valence-electron chi connectivity index (χ2n) is 15.6. The van der Waals surface area contributed by atoms with Crippen LogP contribution in [-0.4, -0.2) is 29.1 Å². The van der Waals surface area contributed by atoms with E-state index in [2.05, 4.69) is 66.4 Å². The summed E-state index contributed by atoms with van der Waals surface area (Å²) >= 11 is 0. The highest BCUT2D eigenvalue weighted by atomic mass is 15.4. The zero-order valence-electron chi connectivity index (χ0n) is 32.8. The normalized spacial score (nSPS) is 14.5. The lowest BCUT2D eigenvalue weighted by Gasteiger charge is -2.33. The molecule has 48 heavy (non-hydrogen) atoms. The van der Waals surface area contributed by atoms with Gasteiger partial charge in [-0.3, -0.25) is 0 Å². The molecule has 0 spiro atoms. The quantitative estimate of drug-likeness (QED) is 0.0659. The fourth-order valence-corrected chi connectivity index (χ4v) is 7.75. The van der Waals surface area contributed by atoms with Gasteiger partial charge >= 0.3 is 0 Å². The summed E-state index contributed by atoms with van der Waals surface area (Å²) in [6.07, 6.45) is 52.5. The topological polar surface area (TPSA) is 6.48 Å². The lowest BCUT2D eigenvalue weighted by molar-refractivity contribution is 0.148. The van der Waals surface area contributed by atoms with Crippen LogP contribution in [0.1, 0.15) is 225 Å². The van der Waals surface area contributed by atoms with Gasteiger partial charge in [0.05, 0.1) is 0 Å². The lowest BCUT2D eigenvalue weighted by atomic mass is 10.0. The van der Waals surface area contributed by atoms with Crippen molar-refractivity contribution in [2.75, 3.05) is 13.1 Å². The Labute approximate surface area is 302 Å². The molecule has 0 radical (unpaired) electrons. The summed E-state index contributed by atoms with van der Waals surface area (Å²) in [5.41, 5.74) is 1.47. The minimum atomic E-state index is 0.500. The Morgan fingerprint density at radius 1 is 0.354 bits per heavy atom. The van der Waals surface area contributed by atoms with Crippen LogP contribution < -0.4 is 0 Å². The van der Waals surface area contributed by atoms with Gasteiger partial charge in [0.1, 0.15) is 6.17 Å². The fraction of sp³-hybridized carbons (Fsp3) is 0.826. The number of hydrogen-bond donors (Lipinski definition) is 0. The molecule has 2 nitrogen and oxygen atoms in total.